The van der Waals surface area contributed by atoms with Crippen molar-refractivity contribution in [1.29, 1.82) is 0 Å². The van der Waals surface area contributed by atoms with E-state index in [0.717, 1.165) is 25.7 Å². The molecule has 1 saturated carbocycles. The lowest BCUT2D eigenvalue weighted by Crippen LogP contribution is -2.40. The Morgan fingerprint density at radius 3 is 2.67 bits per heavy atom. The minimum Gasteiger partial charge on any atom is -0.355 e. The van der Waals surface area contributed by atoms with Gasteiger partial charge in [0.2, 0.25) is 5.91 Å². The summed E-state index contributed by atoms with van der Waals surface area (Å²) < 4.78 is 0. The monoisotopic (exact) mass is 288 g/mol. The lowest BCUT2D eigenvalue weighted by molar-refractivity contribution is -0.126. The molecule has 3 nitrogen and oxygen atoms in total. The Morgan fingerprint density at radius 2 is 2.00 bits per heavy atom. The second kappa shape index (κ2) is 7.08. The van der Waals surface area contributed by atoms with Crippen LogP contribution < -0.4 is 11.1 Å². The summed E-state index contributed by atoms with van der Waals surface area (Å²) in [5, 5.41) is 3.15. The van der Waals surface area contributed by atoms with E-state index in [1.54, 1.807) is 0 Å². The summed E-state index contributed by atoms with van der Waals surface area (Å²) in [5.74, 6) is 0.703. The normalized spacial score (nSPS) is 22.2. The van der Waals surface area contributed by atoms with Crippen LogP contribution in [-0.4, -0.2) is 19.0 Å². The summed E-state index contributed by atoms with van der Waals surface area (Å²) in [6.07, 6.45) is 4.20. The Hall–Kier alpha value is -1.35. The smallest absolute Gasteiger partial charge is 0.223 e. The molecule has 0 aliphatic heterocycles. The highest BCUT2D eigenvalue weighted by atomic mass is 16.1. The molecule has 1 aromatic rings. The fourth-order valence-corrected chi connectivity index (χ4v) is 3.33. The van der Waals surface area contributed by atoms with Gasteiger partial charge in [-0.1, -0.05) is 50.6 Å². The Morgan fingerprint density at radius 1 is 1.29 bits per heavy atom. The van der Waals surface area contributed by atoms with Gasteiger partial charge in [0, 0.05) is 12.5 Å². The maximum Gasteiger partial charge on any atom is 0.223 e. The van der Waals surface area contributed by atoms with Crippen LogP contribution in [0.2, 0.25) is 0 Å². The highest BCUT2D eigenvalue weighted by Gasteiger charge is 2.32. The first-order valence-corrected chi connectivity index (χ1v) is 8.03. The number of carbonyl (C=O) groups excluding carboxylic acids is 1. The molecule has 0 unspecified atom stereocenters. The first-order valence-electron chi connectivity index (χ1n) is 8.03. The predicted octanol–water partition coefficient (Wildman–Crippen LogP) is 2.75. The first-order chi connectivity index (χ1) is 10.0. The second-order valence-corrected chi connectivity index (χ2v) is 7.08. The second-order valence-electron chi connectivity index (χ2n) is 7.08. The molecule has 3 N–H and O–H groups in total. The van der Waals surface area contributed by atoms with Crippen LogP contribution in [0.1, 0.15) is 38.7 Å². The maximum atomic E-state index is 12.3. The zero-order chi connectivity index (χ0) is 15.3. The van der Waals surface area contributed by atoms with Gasteiger partial charge in [-0.15, -0.1) is 0 Å². The summed E-state index contributed by atoms with van der Waals surface area (Å²) in [7, 11) is 0. The van der Waals surface area contributed by atoms with E-state index in [2.05, 4.69) is 43.4 Å². The van der Waals surface area contributed by atoms with Gasteiger partial charge in [0.1, 0.15) is 0 Å². The number of carbonyl (C=O) groups is 1. The van der Waals surface area contributed by atoms with E-state index < -0.39 is 0 Å². The molecule has 0 bridgehead atoms. The number of hydrogen-bond acceptors (Lipinski definition) is 2. The predicted molar refractivity (Wildman–Crippen MR) is 86.8 cm³/mol. The Kier molecular flexibility index (Phi) is 5.40. The quantitative estimate of drug-likeness (QED) is 0.845. The molecular weight excluding hydrogens is 260 g/mol. The lowest BCUT2D eigenvalue weighted by Gasteiger charge is -2.27. The van der Waals surface area contributed by atoms with Crippen LogP contribution in [0.15, 0.2) is 30.3 Å². The van der Waals surface area contributed by atoms with Gasteiger partial charge < -0.3 is 11.1 Å². The average molecular weight is 288 g/mol. The number of benzene rings is 1. The Balaban J connectivity index is 1.85. The summed E-state index contributed by atoms with van der Waals surface area (Å²) in [5.41, 5.74) is 7.15. The summed E-state index contributed by atoms with van der Waals surface area (Å²) >= 11 is 0. The third-order valence-electron chi connectivity index (χ3n) is 4.57. The molecule has 0 heterocycles. The first kappa shape index (κ1) is 16.0. The third kappa shape index (κ3) is 4.57. The van der Waals surface area contributed by atoms with Gasteiger partial charge in [-0.2, -0.15) is 0 Å². The van der Waals surface area contributed by atoms with Gasteiger partial charge in [0.25, 0.3) is 0 Å². The van der Waals surface area contributed by atoms with Gasteiger partial charge in [-0.3, -0.25) is 4.79 Å². The minimum atomic E-state index is 0.0633. The maximum absolute atomic E-state index is 12.3. The van der Waals surface area contributed by atoms with Crippen molar-refractivity contribution in [3.8, 4) is 0 Å². The molecule has 0 radical (unpaired) electrons. The molecule has 3 heteroatoms. The molecule has 1 aromatic carbocycles. The van der Waals surface area contributed by atoms with Gasteiger partial charge in [-0.25, -0.2) is 0 Å². The molecule has 0 saturated heterocycles. The van der Waals surface area contributed by atoms with E-state index in [4.69, 9.17) is 5.73 Å². The molecule has 1 aliphatic carbocycles. The standard InChI is InChI=1S/C18H28N2O/c1-18(2,11-14-7-4-3-5-8-14)13-20-17(21)16-10-6-9-15(16)12-19/h3-5,7-8,15-16H,6,9-13,19H2,1-2H3,(H,20,21)/t15-,16-/m1/s1. The lowest BCUT2D eigenvalue weighted by atomic mass is 9.85. The molecule has 2 atom stereocenters. The van der Waals surface area contributed by atoms with E-state index in [0.29, 0.717) is 19.0 Å². The van der Waals surface area contributed by atoms with Crippen molar-refractivity contribution < 1.29 is 4.79 Å². The van der Waals surface area contributed by atoms with Crippen LogP contribution >= 0.6 is 0 Å². The summed E-state index contributed by atoms with van der Waals surface area (Å²) in [4.78, 5) is 12.3. The average Bonchev–Trinajstić information content (AvgIpc) is 2.94. The fraction of sp³-hybridized carbons (Fsp3) is 0.611. The van der Waals surface area contributed by atoms with Crippen LogP contribution in [-0.2, 0) is 11.2 Å². The molecular formula is C18H28N2O. The summed E-state index contributed by atoms with van der Waals surface area (Å²) in [6, 6.07) is 10.4. The van der Waals surface area contributed by atoms with E-state index >= 15 is 0 Å². The van der Waals surface area contributed by atoms with Crippen molar-refractivity contribution in [3.05, 3.63) is 35.9 Å². The van der Waals surface area contributed by atoms with E-state index in [1.165, 1.54) is 5.56 Å². The van der Waals surface area contributed by atoms with Crippen LogP contribution in [0.25, 0.3) is 0 Å². The zero-order valence-corrected chi connectivity index (χ0v) is 13.3. The van der Waals surface area contributed by atoms with E-state index in [1.807, 2.05) is 6.07 Å². The van der Waals surface area contributed by atoms with Crippen molar-refractivity contribution in [2.45, 2.75) is 39.5 Å². The highest BCUT2D eigenvalue weighted by Crippen LogP contribution is 2.31. The van der Waals surface area contributed by atoms with Gasteiger partial charge in [0.15, 0.2) is 0 Å². The number of rotatable bonds is 6. The largest absolute Gasteiger partial charge is 0.355 e. The molecule has 116 valence electrons. The molecule has 2 rings (SSSR count). The zero-order valence-electron chi connectivity index (χ0n) is 13.3. The van der Waals surface area contributed by atoms with Crippen molar-refractivity contribution in [3.63, 3.8) is 0 Å². The van der Waals surface area contributed by atoms with Gasteiger partial charge in [-0.05, 0) is 42.7 Å². The van der Waals surface area contributed by atoms with E-state index in [9.17, 15) is 4.79 Å². The third-order valence-corrected chi connectivity index (χ3v) is 4.57. The molecule has 1 aliphatic rings. The van der Waals surface area contributed by atoms with Crippen LogP contribution in [0.3, 0.4) is 0 Å². The SMILES string of the molecule is CC(C)(CNC(=O)[C@@H]1CCC[C@@H]1CN)Cc1ccccc1. The molecule has 0 spiro atoms. The number of amides is 1. The van der Waals surface area contributed by atoms with Crippen LogP contribution in [0.5, 0.6) is 0 Å². The number of nitrogens with two attached hydrogens (primary N) is 1. The van der Waals surface area contributed by atoms with Crippen LogP contribution in [0.4, 0.5) is 0 Å². The minimum absolute atomic E-state index is 0.0633. The molecule has 0 aromatic heterocycles. The fourth-order valence-electron chi connectivity index (χ4n) is 3.33. The Labute approximate surface area is 128 Å². The Bertz CT molecular complexity index is 456. The number of hydrogen-bond donors (Lipinski definition) is 2. The van der Waals surface area contributed by atoms with Crippen LogP contribution in [0, 0.1) is 17.3 Å². The molecule has 1 fully saturated rings. The van der Waals surface area contributed by atoms with Crippen molar-refractivity contribution in [2.75, 3.05) is 13.1 Å². The summed E-state index contributed by atoms with van der Waals surface area (Å²) in [6.45, 7) is 5.75. The van der Waals surface area contributed by atoms with Crippen molar-refractivity contribution in [2.24, 2.45) is 23.0 Å². The molecule has 21 heavy (non-hydrogen) atoms. The highest BCUT2D eigenvalue weighted by molar-refractivity contribution is 5.79. The van der Waals surface area contributed by atoms with Gasteiger partial charge >= 0.3 is 0 Å². The number of nitrogens with one attached hydrogen (secondary N) is 1. The van der Waals surface area contributed by atoms with Crippen molar-refractivity contribution >= 4 is 5.91 Å². The van der Waals surface area contributed by atoms with E-state index in [-0.39, 0.29) is 17.2 Å². The van der Waals surface area contributed by atoms with Crippen molar-refractivity contribution in [1.82, 2.24) is 5.32 Å². The topological polar surface area (TPSA) is 55.1 Å². The molecule has 1 amide bonds. The van der Waals surface area contributed by atoms with Gasteiger partial charge in [0.05, 0.1) is 0 Å².